The van der Waals surface area contributed by atoms with Crippen LogP contribution in [0.4, 0.5) is 0 Å². The molecule has 1 aliphatic rings. The molecule has 0 unspecified atom stereocenters. The Bertz CT molecular complexity index is 647. The molecule has 0 radical (unpaired) electrons. The van der Waals surface area contributed by atoms with E-state index in [-0.39, 0.29) is 16.0 Å². The van der Waals surface area contributed by atoms with Crippen molar-refractivity contribution in [2.45, 2.75) is 24.3 Å². The van der Waals surface area contributed by atoms with Crippen molar-refractivity contribution in [1.82, 2.24) is 9.21 Å². The van der Waals surface area contributed by atoms with Crippen LogP contribution in [0, 0.1) is 11.3 Å². The summed E-state index contributed by atoms with van der Waals surface area (Å²) in [5, 5.41) is 9.08. The van der Waals surface area contributed by atoms with E-state index in [4.69, 9.17) is 5.26 Å². The third-order valence-corrected chi connectivity index (χ3v) is 5.81. The van der Waals surface area contributed by atoms with Gasteiger partial charge in [-0.1, -0.05) is 12.1 Å². The number of sulfonamides is 1. The van der Waals surface area contributed by atoms with Crippen LogP contribution in [0.5, 0.6) is 0 Å². The van der Waals surface area contributed by atoms with Gasteiger partial charge in [0.15, 0.2) is 0 Å². The molecule has 0 amide bonds. The maximum absolute atomic E-state index is 12.7. The monoisotopic (exact) mass is 293 g/mol. The van der Waals surface area contributed by atoms with Crippen molar-refractivity contribution in [2.75, 3.05) is 26.7 Å². The third kappa shape index (κ3) is 2.57. The van der Waals surface area contributed by atoms with Crippen LogP contribution in [-0.4, -0.2) is 49.8 Å². The van der Waals surface area contributed by atoms with Gasteiger partial charge < -0.3 is 0 Å². The van der Waals surface area contributed by atoms with Gasteiger partial charge in [-0.25, -0.2) is 8.42 Å². The van der Waals surface area contributed by atoms with Gasteiger partial charge in [-0.05, 0) is 33.0 Å². The summed E-state index contributed by atoms with van der Waals surface area (Å²) in [5.41, 5.74) is -0.0170. The average molecular weight is 293 g/mol. The highest BCUT2D eigenvalue weighted by Gasteiger charge is 2.37. The molecule has 2 rings (SSSR count). The molecule has 108 valence electrons. The minimum absolute atomic E-state index is 0.0999. The summed E-state index contributed by atoms with van der Waals surface area (Å²) in [5.74, 6) is 0. The first-order chi connectivity index (χ1) is 9.29. The molecule has 1 fully saturated rings. The lowest BCUT2D eigenvalue weighted by molar-refractivity contribution is 0.0801. The molecule has 0 bridgehead atoms. The van der Waals surface area contributed by atoms with Crippen LogP contribution in [0.3, 0.4) is 0 Å². The van der Waals surface area contributed by atoms with Gasteiger partial charge in [0.2, 0.25) is 10.0 Å². The Morgan fingerprint density at radius 2 is 1.90 bits per heavy atom. The van der Waals surface area contributed by atoms with Gasteiger partial charge in [0.25, 0.3) is 0 Å². The maximum atomic E-state index is 12.7. The van der Waals surface area contributed by atoms with E-state index in [0.29, 0.717) is 19.6 Å². The lowest BCUT2D eigenvalue weighted by atomic mass is 10.0. The Labute approximate surface area is 120 Å². The summed E-state index contributed by atoms with van der Waals surface area (Å²) in [6.45, 7) is 5.59. The topological polar surface area (TPSA) is 64.4 Å². The molecule has 1 aliphatic heterocycles. The Hall–Kier alpha value is -1.42. The molecule has 0 spiro atoms. The SMILES string of the molecule is CN1CCN(S(=O)(=O)c2ccccc2C#N)CC1(C)C. The highest BCUT2D eigenvalue weighted by atomic mass is 32.2. The van der Waals surface area contributed by atoms with Crippen molar-refractivity contribution in [3.63, 3.8) is 0 Å². The fraction of sp³-hybridized carbons (Fsp3) is 0.500. The number of benzene rings is 1. The lowest BCUT2D eigenvalue weighted by Gasteiger charge is -2.44. The number of rotatable bonds is 2. The molecule has 0 N–H and O–H groups in total. The highest BCUT2D eigenvalue weighted by molar-refractivity contribution is 7.89. The normalized spacial score (nSPS) is 20.5. The minimum atomic E-state index is -3.62. The van der Waals surface area contributed by atoms with Crippen LogP contribution in [0.1, 0.15) is 19.4 Å². The zero-order chi connectivity index (χ0) is 15.0. The van der Waals surface area contributed by atoms with Crippen molar-refractivity contribution < 1.29 is 8.42 Å². The Morgan fingerprint density at radius 1 is 1.25 bits per heavy atom. The van der Waals surface area contributed by atoms with E-state index < -0.39 is 10.0 Å². The van der Waals surface area contributed by atoms with Crippen molar-refractivity contribution in [2.24, 2.45) is 0 Å². The van der Waals surface area contributed by atoms with E-state index in [2.05, 4.69) is 4.90 Å². The second kappa shape index (κ2) is 5.17. The number of hydrogen-bond acceptors (Lipinski definition) is 4. The molecule has 1 aromatic carbocycles. The maximum Gasteiger partial charge on any atom is 0.244 e. The van der Waals surface area contributed by atoms with E-state index in [1.165, 1.54) is 16.4 Å². The molecule has 6 heteroatoms. The van der Waals surface area contributed by atoms with Crippen molar-refractivity contribution in [3.8, 4) is 6.07 Å². The Kier molecular flexibility index (Phi) is 3.87. The van der Waals surface area contributed by atoms with Gasteiger partial charge in [0.1, 0.15) is 6.07 Å². The number of piperazine rings is 1. The zero-order valence-corrected chi connectivity index (χ0v) is 12.8. The molecule has 0 saturated carbocycles. The van der Waals surface area contributed by atoms with E-state index in [9.17, 15) is 8.42 Å². The van der Waals surface area contributed by atoms with Gasteiger partial charge >= 0.3 is 0 Å². The summed E-state index contributed by atoms with van der Waals surface area (Å²) in [7, 11) is -1.62. The minimum Gasteiger partial charge on any atom is -0.299 e. The van der Waals surface area contributed by atoms with Gasteiger partial charge in [-0.2, -0.15) is 9.57 Å². The molecule has 0 aromatic heterocycles. The van der Waals surface area contributed by atoms with Gasteiger partial charge in [-0.3, -0.25) is 4.90 Å². The molecular weight excluding hydrogens is 274 g/mol. The van der Waals surface area contributed by atoms with E-state index in [0.717, 1.165) is 0 Å². The predicted molar refractivity (Wildman–Crippen MR) is 76.6 cm³/mol. The first-order valence-electron chi connectivity index (χ1n) is 6.49. The van der Waals surface area contributed by atoms with Crippen LogP contribution in [0.2, 0.25) is 0 Å². The quantitative estimate of drug-likeness (QED) is 0.824. The van der Waals surface area contributed by atoms with E-state index in [1.807, 2.05) is 27.0 Å². The largest absolute Gasteiger partial charge is 0.299 e. The molecular formula is C14H19N3O2S. The molecule has 0 atom stereocenters. The fourth-order valence-electron chi connectivity index (χ4n) is 2.32. The lowest BCUT2D eigenvalue weighted by Crippen LogP contribution is -2.58. The van der Waals surface area contributed by atoms with Crippen LogP contribution in [-0.2, 0) is 10.0 Å². The molecule has 20 heavy (non-hydrogen) atoms. The molecule has 1 aromatic rings. The second-order valence-corrected chi connectivity index (χ2v) is 7.59. The standard InChI is InChI=1S/C14H19N3O2S/c1-14(2)11-17(9-8-16(14)3)20(18,19)13-7-5-4-6-12(13)10-15/h4-7H,8-9,11H2,1-3H3. The summed E-state index contributed by atoms with van der Waals surface area (Å²) in [6, 6.07) is 8.31. The van der Waals surface area contributed by atoms with Crippen molar-refractivity contribution in [3.05, 3.63) is 29.8 Å². The van der Waals surface area contributed by atoms with Crippen molar-refractivity contribution in [1.29, 1.82) is 5.26 Å². The number of likely N-dealkylation sites (N-methyl/N-ethyl adjacent to an activating group) is 1. The smallest absolute Gasteiger partial charge is 0.244 e. The molecule has 1 saturated heterocycles. The number of nitrogens with zero attached hydrogens (tertiary/aromatic N) is 3. The summed E-state index contributed by atoms with van der Waals surface area (Å²) >= 11 is 0. The van der Waals surface area contributed by atoms with Gasteiger partial charge in [-0.15, -0.1) is 0 Å². The first-order valence-corrected chi connectivity index (χ1v) is 7.93. The Balaban J connectivity index is 2.39. The molecule has 5 nitrogen and oxygen atoms in total. The van der Waals surface area contributed by atoms with Crippen LogP contribution < -0.4 is 0 Å². The second-order valence-electron chi connectivity index (χ2n) is 5.68. The van der Waals surface area contributed by atoms with E-state index >= 15 is 0 Å². The highest BCUT2D eigenvalue weighted by Crippen LogP contribution is 2.26. The van der Waals surface area contributed by atoms with E-state index in [1.54, 1.807) is 12.1 Å². The third-order valence-electron chi connectivity index (χ3n) is 3.91. The Morgan fingerprint density at radius 3 is 2.50 bits per heavy atom. The van der Waals surface area contributed by atoms with Crippen molar-refractivity contribution >= 4 is 10.0 Å². The van der Waals surface area contributed by atoms with Crippen LogP contribution in [0.15, 0.2) is 29.2 Å². The fourth-order valence-corrected chi connectivity index (χ4v) is 4.05. The summed E-state index contributed by atoms with van der Waals surface area (Å²) in [6.07, 6.45) is 0. The molecule has 1 heterocycles. The number of nitriles is 1. The van der Waals surface area contributed by atoms with Gasteiger partial charge in [0.05, 0.1) is 10.5 Å². The summed E-state index contributed by atoms with van der Waals surface area (Å²) in [4.78, 5) is 2.25. The van der Waals surface area contributed by atoms with Crippen LogP contribution >= 0.6 is 0 Å². The van der Waals surface area contributed by atoms with Gasteiger partial charge in [0, 0.05) is 25.2 Å². The van der Waals surface area contributed by atoms with Crippen LogP contribution in [0.25, 0.3) is 0 Å². The molecule has 0 aliphatic carbocycles. The summed E-state index contributed by atoms with van der Waals surface area (Å²) < 4.78 is 26.9. The first kappa shape index (κ1) is 15.0. The average Bonchev–Trinajstić information content (AvgIpc) is 2.41. The zero-order valence-electron chi connectivity index (χ0n) is 12.0. The number of hydrogen-bond donors (Lipinski definition) is 0. The predicted octanol–water partition coefficient (Wildman–Crippen LogP) is 1.27.